The van der Waals surface area contributed by atoms with Crippen molar-refractivity contribution in [2.75, 3.05) is 6.54 Å². The molecule has 2 rings (SSSR count). The molecule has 2 fully saturated rings. The van der Waals surface area contributed by atoms with E-state index < -0.39 is 0 Å². The van der Waals surface area contributed by atoms with E-state index in [4.69, 9.17) is 11.0 Å². The van der Waals surface area contributed by atoms with E-state index in [9.17, 15) is 0 Å². The van der Waals surface area contributed by atoms with Crippen LogP contribution in [0.4, 0.5) is 0 Å². The van der Waals surface area contributed by atoms with Gasteiger partial charge in [-0.3, -0.25) is 4.99 Å². The fourth-order valence-electron chi connectivity index (χ4n) is 3.20. The third-order valence-corrected chi connectivity index (χ3v) is 4.51. The number of hydrogen-bond donors (Lipinski definition) is 2. The molecule has 0 saturated heterocycles. The zero-order valence-corrected chi connectivity index (χ0v) is 14.5. The lowest BCUT2D eigenvalue weighted by atomic mass is 9.83. The van der Waals surface area contributed by atoms with Crippen molar-refractivity contribution < 1.29 is 0 Å². The van der Waals surface area contributed by atoms with Crippen LogP contribution in [0.3, 0.4) is 0 Å². The minimum atomic E-state index is 0. The Morgan fingerprint density at radius 2 is 1.75 bits per heavy atom. The van der Waals surface area contributed by atoms with Crippen LogP contribution in [0.25, 0.3) is 0 Å². The first-order chi connectivity index (χ1) is 9.28. The Balaban J connectivity index is 0.00000200. The summed E-state index contributed by atoms with van der Waals surface area (Å²) in [6.45, 7) is 0.823. The number of aliphatic imine (C=N–C) groups is 1. The lowest BCUT2D eigenvalue weighted by molar-refractivity contribution is 0.321. The van der Waals surface area contributed by atoms with E-state index in [1.54, 1.807) is 0 Å². The minimum absolute atomic E-state index is 0. The molecule has 0 aromatic rings. The molecule has 4 nitrogen and oxygen atoms in total. The van der Waals surface area contributed by atoms with E-state index in [2.05, 4.69) is 16.4 Å². The number of nitrogens with two attached hydrogens (primary N) is 1. The summed E-state index contributed by atoms with van der Waals surface area (Å²) in [5.74, 6) is 1.52. The molecule has 0 bridgehead atoms. The quantitative estimate of drug-likeness (QED) is 0.442. The highest BCUT2D eigenvalue weighted by Crippen LogP contribution is 2.28. The lowest BCUT2D eigenvalue weighted by Gasteiger charge is -2.25. The summed E-state index contributed by atoms with van der Waals surface area (Å²) in [4.78, 5) is 4.49. The second-order valence-electron chi connectivity index (χ2n) is 6.05. The van der Waals surface area contributed by atoms with Gasteiger partial charge in [0.1, 0.15) is 0 Å². The first kappa shape index (κ1) is 17.5. The number of nitrogens with one attached hydrogen (secondary N) is 1. The molecule has 2 aliphatic carbocycles. The van der Waals surface area contributed by atoms with Gasteiger partial charge in [-0.15, -0.1) is 24.0 Å². The molecule has 5 heteroatoms. The molecule has 114 valence electrons. The van der Waals surface area contributed by atoms with Gasteiger partial charge >= 0.3 is 0 Å². The molecule has 2 saturated carbocycles. The predicted molar refractivity (Wildman–Crippen MR) is 93.0 cm³/mol. The van der Waals surface area contributed by atoms with Crippen molar-refractivity contribution in [1.29, 1.82) is 5.26 Å². The Morgan fingerprint density at radius 3 is 2.35 bits per heavy atom. The monoisotopic (exact) mass is 390 g/mol. The maximum atomic E-state index is 8.87. The van der Waals surface area contributed by atoms with Gasteiger partial charge in [0.05, 0.1) is 6.07 Å². The Labute approximate surface area is 139 Å². The number of guanidine groups is 1. The summed E-state index contributed by atoms with van der Waals surface area (Å²) in [6, 6.07) is 2.90. The molecule has 3 N–H and O–H groups in total. The Morgan fingerprint density at radius 1 is 1.10 bits per heavy atom. The van der Waals surface area contributed by atoms with Crippen LogP contribution >= 0.6 is 24.0 Å². The molecule has 0 atom stereocenters. The van der Waals surface area contributed by atoms with Crippen molar-refractivity contribution in [3.63, 3.8) is 0 Å². The number of nitrogens with zero attached hydrogens (tertiary/aromatic N) is 2. The zero-order chi connectivity index (χ0) is 13.5. The third-order valence-electron chi connectivity index (χ3n) is 4.51. The summed E-state index contributed by atoms with van der Waals surface area (Å²) in [5.41, 5.74) is 5.96. The third kappa shape index (κ3) is 5.86. The van der Waals surface area contributed by atoms with E-state index in [0.717, 1.165) is 32.2 Å². The summed E-state index contributed by atoms with van der Waals surface area (Å²) in [6.07, 6.45) is 10.7. The second-order valence-corrected chi connectivity index (χ2v) is 6.05. The van der Waals surface area contributed by atoms with Crippen LogP contribution in [0.15, 0.2) is 4.99 Å². The molecule has 2 aliphatic rings. The standard InChI is InChI=1S/C15H26N4.HI/c16-10-12-6-8-13(9-7-12)11-18-15(17)19-14-4-2-1-3-5-14;/h12-14H,1-9,11H2,(H3,17,18,19);1H. The predicted octanol–water partition coefficient (Wildman–Crippen LogP) is 3.17. The number of hydrogen-bond acceptors (Lipinski definition) is 2. The lowest BCUT2D eigenvalue weighted by Crippen LogP contribution is -2.41. The summed E-state index contributed by atoms with van der Waals surface area (Å²) >= 11 is 0. The van der Waals surface area contributed by atoms with Crippen LogP contribution in [-0.4, -0.2) is 18.5 Å². The first-order valence-corrected chi connectivity index (χ1v) is 7.74. The molecule has 0 radical (unpaired) electrons. The van der Waals surface area contributed by atoms with Gasteiger partial charge in [0.25, 0.3) is 0 Å². The summed E-state index contributed by atoms with van der Waals surface area (Å²) < 4.78 is 0. The number of nitriles is 1. The van der Waals surface area contributed by atoms with Gasteiger partial charge in [-0.05, 0) is 44.4 Å². The average molecular weight is 390 g/mol. The molecular weight excluding hydrogens is 363 g/mol. The Kier molecular flexibility index (Phi) is 8.27. The normalized spacial score (nSPS) is 28.2. The van der Waals surface area contributed by atoms with Crippen molar-refractivity contribution in [2.45, 2.75) is 63.8 Å². The fraction of sp³-hybridized carbons (Fsp3) is 0.867. The molecule has 0 heterocycles. The van der Waals surface area contributed by atoms with Gasteiger partial charge in [-0.25, -0.2) is 0 Å². The first-order valence-electron chi connectivity index (χ1n) is 7.74. The van der Waals surface area contributed by atoms with Crippen molar-refractivity contribution in [1.82, 2.24) is 5.32 Å². The fourth-order valence-corrected chi connectivity index (χ4v) is 3.20. The van der Waals surface area contributed by atoms with Crippen LogP contribution in [0.2, 0.25) is 0 Å². The van der Waals surface area contributed by atoms with Crippen LogP contribution in [0.1, 0.15) is 57.8 Å². The summed E-state index contributed by atoms with van der Waals surface area (Å²) in [7, 11) is 0. The average Bonchev–Trinajstić information content (AvgIpc) is 2.47. The maximum Gasteiger partial charge on any atom is 0.188 e. The molecule has 0 aromatic heterocycles. The van der Waals surface area contributed by atoms with E-state index >= 15 is 0 Å². The van der Waals surface area contributed by atoms with Gasteiger partial charge in [-0.2, -0.15) is 5.26 Å². The smallest absolute Gasteiger partial charge is 0.188 e. The van der Waals surface area contributed by atoms with Crippen LogP contribution in [-0.2, 0) is 0 Å². The molecule has 0 aliphatic heterocycles. The SMILES string of the molecule is I.N#CC1CCC(CN=C(N)NC2CCCCC2)CC1. The molecule has 0 amide bonds. The molecule has 0 unspecified atom stereocenters. The highest BCUT2D eigenvalue weighted by molar-refractivity contribution is 14.0. The highest BCUT2D eigenvalue weighted by Gasteiger charge is 2.20. The second kappa shape index (κ2) is 9.43. The molecular formula is C15H27IN4. The van der Waals surface area contributed by atoms with Gasteiger partial charge in [-0.1, -0.05) is 19.3 Å². The van der Waals surface area contributed by atoms with Crippen LogP contribution < -0.4 is 11.1 Å². The van der Waals surface area contributed by atoms with Crippen molar-refractivity contribution in [3.8, 4) is 6.07 Å². The topological polar surface area (TPSA) is 74.2 Å². The molecule has 0 aromatic carbocycles. The van der Waals surface area contributed by atoms with Crippen molar-refractivity contribution >= 4 is 29.9 Å². The Bertz CT molecular complexity index is 336. The maximum absolute atomic E-state index is 8.87. The van der Waals surface area contributed by atoms with E-state index in [0.29, 0.717) is 17.9 Å². The van der Waals surface area contributed by atoms with Gasteiger partial charge in [0.15, 0.2) is 5.96 Å². The number of rotatable bonds is 3. The van der Waals surface area contributed by atoms with Crippen LogP contribution in [0, 0.1) is 23.2 Å². The summed E-state index contributed by atoms with van der Waals surface area (Å²) in [5, 5.41) is 12.2. The minimum Gasteiger partial charge on any atom is -0.370 e. The van der Waals surface area contributed by atoms with E-state index in [1.165, 1.54) is 32.1 Å². The largest absolute Gasteiger partial charge is 0.370 e. The number of halogens is 1. The Hall–Kier alpha value is -0.510. The van der Waals surface area contributed by atoms with Crippen LogP contribution in [0.5, 0.6) is 0 Å². The van der Waals surface area contributed by atoms with Gasteiger partial charge in [0.2, 0.25) is 0 Å². The van der Waals surface area contributed by atoms with Crippen molar-refractivity contribution in [3.05, 3.63) is 0 Å². The van der Waals surface area contributed by atoms with Gasteiger partial charge in [0, 0.05) is 18.5 Å². The van der Waals surface area contributed by atoms with Gasteiger partial charge < -0.3 is 11.1 Å². The van der Waals surface area contributed by atoms with E-state index in [1.807, 2.05) is 0 Å². The zero-order valence-electron chi connectivity index (χ0n) is 12.2. The molecule has 0 spiro atoms. The van der Waals surface area contributed by atoms with Crippen molar-refractivity contribution in [2.24, 2.45) is 22.6 Å². The highest BCUT2D eigenvalue weighted by atomic mass is 127. The molecule has 20 heavy (non-hydrogen) atoms. The van der Waals surface area contributed by atoms with E-state index in [-0.39, 0.29) is 29.9 Å².